The molecule has 1 aromatic rings. The van der Waals surface area contributed by atoms with Gasteiger partial charge in [0.15, 0.2) is 0 Å². The zero-order valence-corrected chi connectivity index (χ0v) is 9.22. The van der Waals surface area contributed by atoms with Gasteiger partial charge in [0, 0.05) is 12.7 Å². The maximum absolute atomic E-state index is 9.91. The molecule has 5 nitrogen and oxygen atoms in total. The lowest BCUT2D eigenvalue weighted by molar-refractivity contribution is 0.0391. The first-order chi connectivity index (χ1) is 5.79. The summed E-state index contributed by atoms with van der Waals surface area (Å²) in [6.07, 6.45) is 4.16. The molecule has 1 aliphatic rings. The summed E-state index contributed by atoms with van der Waals surface area (Å²) in [5.41, 5.74) is -0.631. The highest BCUT2D eigenvalue weighted by Crippen LogP contribution is 2.15. The Morgan fingerprint density at radius 2 is 2.29 bits per heavy atom. The van der Waals surface area contributed by atoms with Crippen LogP contribution in [-0.4, -0.2) is 38.8 Å². The monoisotopic (exact) mass is 240 g/mol. The second-order valence-corrected chi connectivity index (χ2v) is 3.25. The standard InChI is InChI=1S/C7H12N4O.2ClH/c12-7(1-2-8-5-7)6-11-4-3-9-10-11;;/h3-4,8,12H,1-2,5-6H2;2*1H. The van der Waals surface area contributed by atoms with Crippen molar-refractivity contribution in [2.75, 3.05) is 13.1 Å². The van der Waals surface area contributed by atoms with E-state index in [1.807, 2.05) is 0 Å². The smallest absolute Gasteiger partial charge is 0.0978 e. The van der Waals surface area contributed by atoms with Gasteiger partial charge in [0.1, 0.15) is 0 Å². The summed E-state index contributed by atoms with van der Waals surface area (Å²) in [4.78, 5) is 0. The minimum Gasteiger partial charge on any atom is -0.387 e. The van der Waals surface area contributed by atoms with Gasteiger partial charge in [0.25, 0.3) is 0 Å². The maximum Gasteiger partial charge on any atom is 0.0978 e. The largest absolute Gasteiger partial charge is 0.387 e. The van der Waals surface area contributed by atoms with Gasteiger partial charge in [-0.3, -0.25) is 0 Å². The summed E-state index contributed by atoms with van der Waals surface area (Å²) in [6, 6.07) is 0. The van der Waals surface area contributed by atoms with E-state index < -0.39 is 5.60 Å². The van der Waals surface area contributed by atoms with Gasteiger partial charge >= 0.3 is 0 Å². The lowest BCUT2D eigenvalue weighted by atomic mass is 10.0. The van der Waals surface area contributed by atoms with Crippen molar-refractivity contribution in [3.63, 3.8) is 0 Å². The van der Waals surface area contributed by atoms with Crippen LogP contribution in [-0.2, 0) is 6.54 Å². The summed E-state index contributed by atoms with van der Waals surface area (Å²) >= 11 is 0. The fourth-order valence-electron chi connectivity index (χ4n) is 1.48. The Morgan fingerprint density at radius 3 is 2.79 bits per heavy atom. The van der Waals surface area contributed by atoms with E-state index in [9.17, 15) is 5.11 Å². The molecule has 1 saturated heterocycles. The third-order valence-electron chi connectivity index (χ3n) is 2.15. The number of nitrogens with one attached hydrogen (secondary N) is 1. The molecule has 14 heavy (non-hydrogen) atoms. The zero-order chi connectivity index (χ0) is 8.44. The predicted molar refractivity (Wildman–Crippen MR) is 57.0 cm³/mol. The molecule has 7 heteroatoms. The number of hydrogen-bond acceptors (Lipinski definition) is 4. The Morgan fingerprint density at radius 1 is 1.50 bits per heavy atom. The molecule has 0 radical (unpaired) electrons. The number of hydrogen-bond donors (Lipinski definition) is 2. The normalized spacial score (nSPS) is 25.2. The number of β-amino-alcohol motifs (C(OH)–C–C–N with tert-alkyl or cyclic N) is 1. The average Bonchev–Trinajstić information content (AvgIpc) is 2.62. The predicted octanol–water partition coefficient (Wildman–Crippen LogP) is -0.154. The SMILES string of the molecule is Cl.Cl.OC1(Cn2ccnn2)CCNC1. The molecule has 0 aromatic carbocycles. The van der Waals surface area contributed by atoms with Crippen molar-refractivity contribution in [3.05, 3.63) is 12.4 Å². The van der Waals surface area contributed by atoms with Gasteiger partial charge in [0.05, 0.1) is 18.3 Å². The summed E-state index contributed by atoms with van der Waals surface area (Å²) in [6.45, 7) is 2.05. The van der Waals surface area contributed by atoms with Crippen LogP contribution in [0.5, 0.6) is 0 Å². The van der Waals surface area contributed by atoms with Crippen molar-refractivity contribution in [2.24, 2.45) is 0 Å². The number of nitrogens with zero attached hydrogens (tertiary/aromatic N) is 3. The average molecular weight is 241 g/mol. The highest BCUT2D eigenvalue weighted by Gasteiger charge is 2.31. The van der Waals surface area contributed by atoms with Crippen molar-refractivity contribution in [2.45, 2.75) is 18.6 Å². The van der Waals surface area contributed by atoms with Gasteiger partial charge in [-0.2, -0.15) is 0 Å². The molecular formula is C7H14Cl2N4O. The molecule has 0 amide bonds. The molecule has 1 atom stereocenters. The molecule has 1 fully saturated rings. The molecule has 1 aliphatic heterocycles. The van der Waals surface area contributed by atoms with E-state index in [4.69, 9.17) is 0 Å². The van der Waals surface area contributed by atoms with E-state index in [0.717, 1.165) is 13.0 Å². The van der Waals surface area contributed by atoms with Gasteiger partial charge in [-0.05, 0) is 13.0 Å². The topological polar surface area (TPSA) is 63.0 Å². The van der Waals surface area contributed by atoms with E-state index in [1.165, 1.54) is 0 Å². The van der Waals surface area contributed by atoms with Gasteiger partial charge in [0.2, 0.25) is 0 Å². The van der Waals surface area contributed by atoms with Crippen LogP contribution < -0.4 is 5.32 Å². The van der Waals surface area contributed by atoms with Crippen molar-refractivity contribution in [1.82, 2.24) is 20.3 Å². The van der Waals surface area contributed by atoms with Crippen LogP contribution >= 0.6 is 24.8 Å². The van der Waals surface area contributed by atoms with Crippen LogP contribution in [0.25, 0.3) is 0 Å². The fraction of sp³-hybridized carbons (Fsp3) is 0.714. The fourth-order valence-corrected chi connectivity index (χ4v) is 1.48. The molecule has 0 bridgehead atoms. The van der Waals surface area contributed by atoms with E-state index in [-0.39, 0.29) is 24.8 Å². The molecule has 2 heterocycles. The van der Waals surface area contributed by atoms with Gasteiger partial charge in [-0.25, -0.2) is 4.68 Å². The van der Waals surface area contributed by atoms with E-state index in [2.05, 4.69) is 15.6 Å². The lowest BCUT2D eigenvalue weighted by Crippen LogP contribution is -2.36. The van der Waals surface area contributed by atoms with E-state index in [1.54, 1.807) is 17.1 Å². The minimum absolute atomic E-state index is 0. The molecule has 2 N–H and O–H groups in total. The Balaban J connectivity index is 0.000000845. The van der Waals surface area contributed by atoms with Gasteiger partial charge in [-0.1, -0.05) is 5.21 Å². The molecule has 0 saturated carbocycles. The highest BCUT2D eigenvalue weighted by atomic mass is 35.5. The second-order valence-electron chi connectivity index (χ2n) is 3.25. The Bertz CT molecular complexity index is 248. The third kappa shape index (κ3) is 3.09. The molecule has 1 unspecified atom stereocenters. The molecule has 0 spiro atoms. The zero-order valence-electron chi connectivity index (χ0n) is 7.59. The van der Waals surface area contributed by atoms with E-state index in [0.29, 0.717) is 13.1 Å². The van der Waals surface area contributed by atoms with Crippen molar-refractivity contribution >= 4 is 24.8 Å². The summed E-state index contributed by atoms with van der Waals surface area (Å²) in [5, 5.41) is 20.5. The third-order valence-corrected chi connectivity index (χ3v) is 2.15. The first-order valence-electron chi connectivity index (χ1n) is 4.06. The van der Waals surface area contributed by atoms with Gasteiger partial charge < -0.3 is 10.4 Å². The molecule has 0 aliphatic carbocycles. The Hall–Kier alpha value is -0.360. The number of aliphatic hydroxyl groups is 1. The number of rotatable bonds is 2. The first-order valence-corrected chi connectivity index (χ1v) is 4.06. The minimum atomic E-state index is -0.631. The van der Waals surface area contributed by atoms with Crippen LogP contribution in [0.3, 0.4) is 0 Å². The van der Waals surface area contributed by atoms with Crippen molar-refractivity contribution in [3.8, 4) is 0 Å². The van der Waals surface area contributed by atoms with E-state index >= 15 is 0 Å². The lowest BCUT2D eigenvalue weighted by Gasteiger charge is -2.20. The Labute approximate surface area is 94.7 Å². The molecule has 2 rings (SSSR count). The van der Waals surface area contributed by atoms with Crippen LogP contribution in [0, 0.1) is 0 Å². The molecular weight excluding hydrogens is 227 g/mol. The molecule has 82 valence electrons. The first kappa shape index (κ1) is 13.6. The highest BCUT2D eigenvalue weighted by molar-refractivity contribution is 5.85. The van der Waals surface area contributed by atoms with Crippen LogP contribution in [0.2, 0.25) is 0 Å². The number of aromatic nitrogens is 3. The molecule has 1 aromatic heterocycles. The van der Waals surface area contributed by atoms with Crippen LogP contribution in [0.4, 0.5) is 0 Å². The van der Waals surface area contributed by atoms with Crippen molar-refractivity contribution < 1.29 is 5.11 Å². The maximum atomic E-state index is 9.91. The summed E-state index contributed by atoms with van der Waals surface area (Å²) < 4.78 is 1.66. The van der Waals surface area contributed by atoms with Crippen molar-refractivity contribution in [1.29, 1.82) is 0 Å². The van der Waals surface area contributed by atoms with Crippen LogP contribution in [0.15, 0.2) is 12.4 Å². The van der Waals surface area contributed by atoms with Crippen LogP contribution in [0.1, 0.15) is 6.42 Å². The summed E-state index contributed by atoms with van der Waals surface area (Å²) in [7, 11) is 0. The Kier molecular flexibility index (Phi) is 5.36. The number of halogens is 2. The second kappa shape index (κ2) is 5.50. The quantitative estimate of drug-likeness (QED) is 0.755. The van der Waals surface area contributed by atoms with Gasteiger partial charge in [-0.15, -0.1) is 29.9 Å². The summed E-state index contributed by atoms with van der Waals surface area (Å²) in [5.74, 6) is 0.